The highest BCUT2D eigenvalue weighted by atomic mass is 15.0. The van der Waals surface area contributed by atoms with E-state index in [4.69, 9.17) is 25.0 Å². The van der Waals surface area contributed by atoms with E-state index >= 15 is 0 Å². The van der Waals surface area contributed by atoms with Gasteiger partial charge in [0.1, 0.15) is 0 Å². The smallest absolute Gasteiger partial charge is 0.160 e. The number of H-pyrrole nitrogens is 1. The van der Waals surface area contributed by atoms with Crippen LogP contribution in [-0.4, -0.2) is 45.1 Å². The third-order valence-electron chi connectivity index (χ3n) is 7.87. The van der Waals surface area contributed by atoms with Crippen LogP contribution in [0.3, 0.4) is 0 Å². The summed E-state index contributed by atoms with van der Waals surface area (Å²) in [7, 11) is 0. The van der Waals surface area contributed by atoms with E-state index in [0.717, 1.165) is 68.9 Å². The predicted molar refractivity (Wildman–Crippen MR) is 177 cm³/mol. The van der Waals surface area contributed by atoms with Gasteiger partial charge in [-0.2, -0.15) is 0 Å². The topological polar surface area (TPSA) is 78.1 Å². The van der Waals surface area contributed by atoms with E-state index in [1.54, 1.807) is 0 Å². The minimum absolute atomic E-state index is 0.348. The Morgan fingerprint density at radius 3 is 1.47 bits per heavy atom. The molecule has 1 N–H and O–H groups in total. The van der Waals surface area contributed by atoms with Crippen molar-refractivity contribution in [3.8, 4) is 0 Å². The fraction of sp³-hybridized carbons (Fsp3) is 0.162. The molecule has 4 aromatic rings. The van der Waals surface area contributed by atoms with Crippen molar-refractivity contribution in [1.29, 1.82) is 0 Å². The zero-order valence-corrected chi connectivity index (χ0v) is 24.3. The summed E-state index contributed by atoms with van der Waals surface area (Å²) >= 11 is 0. The third kappa shape index (κ3) is 5.40. The first-order valence-corrected chi connectivity index (χ1v) is 14.9. The fourth-order valence-corrected chi connectivity index (χ4v) is 5.86. The summed E-state index contributed by atoms with van der Waals surface area (Å²) < 4.78 is 0. The van der Waals surface area contributed by atoms with Crippen molar-refractivity contribution >= 4 is 35.0 Å². The van der Waals surface area contributed by atoms with Crippen molar-refractivity contribution in [3.63, 3.8) is 0 Å². The summed E-state index contributed by atoms with van der Waals surface area (Å²) in [5, 5.41) is 2.17. The molecule has 0 radical (unpaired) electrons. The first kappa shape index (κ1) is 26.7. The summed E-state index contributed by atoms with van der Waals surface area (Å²) in [6, 6.07) is 26.4. The van der Waals surface area contributed by atoms with Gasteiger partial charge in [0.2, 0.25) is 0 Å². The summed E-state index contributed by atoms with van der Waals surface area (Å²) in [6.07, 6.45) is 13.6. The molecule has 2 atom stereocenters. The Balaban J connectivity index is 1.49. The Kier molecular flexibility index (Phi) is 7.17. The minimum atomic E-state index is -0.348. The van der Waals surface area contributed by atoms with Gasteiger partial charge in [-0.1, -0.05) is 80.6 Å². The van der Waals surface area contributed by atoms with Crippen LogP contribution >= 0.6 is 0 Å². The first-order valence-electron chi connectivity index (χ1n) is 14.9. The molecule has 3 aliphatic rings. The molecule has 0 fully saturated rings. The molecule has 5 heterocycles. The molecule has 6 heteroatoms. The molecule has 0 amide bonds. The highest BCUT2D eigenvalue weighted by Gasteiger charge is 2.19. The van der Waals surface area contributed by atoms with Crippen molar-refractivity contribution in [2.75, 3.05) is 0 Å². The molecular formula is C37H32N6. The number of hydrogen-bond donors (Lipinski definition) is 1. The molecule has 210 valence electrons. The normalized spacial score (nSPS) is 22.9. The maximum Gasteiger partial charge on any atom is 0.160 e. The monoisotopic (exact) mass is 560 g/mol. The molecule has 6 nitrogen and oxygen atoms in total. The number of benzene rings is 2. The number of aliphatic imine (C=N–C) groups is 4. The quantitative estimate of drug-likeness (QED) is 0.368. The Morgan fingerprint density at radius 2 is 1.02 bits per heavy atom. The van der Waals surface area contributed by atoms with E-state index in [2.05, 4.69) is 67.4 Å². The number of pyridine rings is 1. The highest BCUT2D eigenvalue weighted by molar-refractivity contribution is 6.20. The molecule has 2 aromatic heterocycles. The van der Waals surface area contributed by atoms with Crippen molar-refractivity contribution in [2.45, 2.75) is 39.0 Å². The van der Waals surface area contributed by atoms with Crippen LogP contribution in [0.15, 0.2) is 123 Å². The molecule has 0 aliphatic carbocycles. The van der Waals surface area contributed by atoms with Gasteiger partial charge in [0.05, 0.1) is 34.2 Å². The van der Waals surface area contributed by atoms with Crippen LogP contribution < -0.4 is 10.7 Å². The SMILES string of the molecule is CCc1c(CC)/c2[nH]/c1=C\C1=NC(C=C1)/N=C(/c1ccccc1)c1cccc(n1)/C(c1ccccc1)=N\C1C=CC(=N1)\C=2. The lowest BCUT2D eigenvalue weighted by Crippen LogP contribution is -2.16. The first-order chi connectivity index (χ1) is 21.2. The molecule has 0 spiro atoms. The lowest BCUT2D eigenvalue weighted by atomic mass is 10.0. The fourth-order valence-electron chi connectivity index (χ4n) is 5.86. The Bertz CT molecular complexity index is 1850. The van der Waals surface area contributed by atoms with Crippen LogP contribution in [0.4, 0.5) is 0 Å². The van der Waals surface area contributed by atoms with Crippen LogP contribution in [0.25, 0.3) is 12.2 Å². The summed E-state index contributed by atoms with van der Waals surface area (Å²) in [4.78, 5) is 29.1. The van der Waals surface area contributed by atoms with Crippen LogP contribution in [-0.2, 0) is 12.8 Å². The third-order valence-corrected chi connectivity index (χ3v) is 7.87. The summed E-state index contributed by atoms with van der Waals surface area (Å²) in [5.74, 6) is 0. The van der Waals surface area contributed by atoms with Gasteiger partial charge >= 0.3 is 0 Å². The van der Waals surface area contributed by atoms with E-state index in [1.807, 2.05) is 66.7 Å². The zero-order valence-electron chi connectivity index (χ0n) is 24.3. The summed E-state index contributed by atoms with van der Waals surface area (Å²) in [5.41, 5.74) is 9.49. The number of allylic oxidation sites excluding steroid dienone is 2. The molecule has 0 saturated carbocycles. The van der Waals surface area contributed by atoms with Gasteiger partial charge in [-0.05, 0) is 72.6 Å². The molecule has 2 unspecified atom stereocenters. The van der Waals surface area contributed by atoms with Gasteiger partial charge in [0.15, 0.2) is 12.3 Å². The minimum Gasteiger partial charge on any atom is -0.355 e. The number of hydrogen-bond acceptors (Lipinski definition) is 5. The van der Waals surface area contributed by atoms with Gasteiger partial charge < -0.3 is 4.98 Å². The van der Waals surface area contributed by atoms with Gasteiger partial charge in [0.25, 0.3) is 0 Å². The van der Waals surface area contributed by atoms with Gasteiger partial charge in [-0.25, -0.2) is 4.98 Å². The second-order valence-electron chi connectivity index (χ2n) is 10.7. The average molecular weight is 561 g/mol. The largest absolute Gasteiger partial charge is 0.355 e. The van der Waals surface area contributed by atoms with Crippen LogP contribution in [0.1, 0.15) is 47.5 Å². The van der Waals surface area contributed by atoms with Crippen LogP contribution in [0.2, 0.25) is 0 Å². The number of fused-ring (bicyclic) bond motifs is 6. The van der Waals surface area contributed by atoms with Crippen molar-refractivity contribution < 1.29 is 0 Å². The molecule has 43 heavy (non-hydrogen) atoms. The second kappa shape index (κ2) is 11.6. The van der Waals surface area contributed by atoms with Crippen molar-refractivity contribution in [3.05, 3.63) is 148 Å². The molecule has 3 aliphatic heterocycles. The van der Waals surface area contributed by atoms with Crippen LogP contribution in [0.5, 0.6) is 0 Å². The Labute approximate surface area is 251 Å². The molecule has 2 aromatic carbocycles. The Hall–Kier alpha value is -5.23. The number of aromatic amines is 1. The van der Waals surface area contributed by atoms with Crippen molar-refractivity contribution in [2.24, 2.45) is 20.0 Å². The number of rotatable bonds is 4. The maximum atomic E-state index is 5.14. The van der Waals surface area contributed by atoms with Crippen molar-refractivity contribution in [1.82, 2.24) is 9.97 Å². The second-order valence-corrected chi connectivity index (χ2v) is 10.7. The lowest BCUT2D eigenvalue weighted by molar-refractivity contribution is 0.893. The van der Waals surface area contributed by atoms with Gasteiger partial charge in [-0.15, -0.1) is 0 Å². The van der Waals surface area contributed by atoms with E-state index in [-0.39, 0.29) is 12.3 Å². The average Bonchev–Trinajstić information content (AvgIpc) is 3.78. The molecule has 7 rings (SSSR count). The summed E-state index contributed by atoms with van der Waals surface area (Å²) in [6.45, 7) is 4.41. The molecule has 0 saturated heterocycles. The molecule has 8 bridgehead atoms. The predicted octanol–water partition coefficient (Wildman–Crippen LogP) is 5.16. The number of nitrogens with one attached hydrogen (secondary N) is 1. The van der Waals surface area contributed by atoms with Gasteiger partial charge in [-0.3, -0.25) is 20.0 Å². The van der Waals surface area contributed by atoms with E-state index in [9.17, 15) is 0 Å². The number of nitrogens with zero attached hydrogens (tertiary/aromatic N) is 5. The van der Waals surface area contributed by atoms with E-state index in [1.165, 1.54) is 11.1 Å². The maximum absolute atomic E-state index is 5.14. The van der Waals surface area contributed by atoms with Gasteiger partial charge in [0, 0.05) is 21.8 Å². The Morgan fingerprint density at radius 1 is 0.558 bits per heavy atom. The zero-order chi connectivity index (χ0) is 29.2. The highest BCUT2D eigenvalue weighted by Crippen LogP contribution is 2.19. The number of aromatic nitrogens is 2. The van der Waals surface area contributed by atoms with E-state index < -0.39 is 0 Å². The standard InChI is InChI=1S/C37H32N6/c1-3-28-29(4-2)33-23-27-19-21-35(39-27)43-37(25-14-9-6-10-15-25)31-17-11-16-30(40-31)36(24-12-7-5-8-13-24)42-34-20-18-26(38-34)22-32(28)41-33/h5-23,34-35,41H,3-4H2,1-2H3/b32-22-,33-23-,42-36-,43-37-. The van der Waals surface area contributed by atoms with Crippen LogP contribution in [0, 0.1) is 0 Å². The molecular weight excluding hydrogens is 528 g/mol. The van der Waals surface area contributed by atoms with E-state index in [0.29, 0.717) is 0 Å². The lowest BCUT2D eigenvalue weighted by Gasteiger charge is -2.12.